The maximum atomic E-state index is 12.5. The van der Waals surface area contributed by atoms with Gasteiger partial charge in [0.1, 0.15) is 0 Å². The van der Waals surface area contributed by atoms with Crippen molar-refractivity contribution >= 4 is 11.4 Å². The quantitative estimate of drug-likeness (QED) is 0.671. The zero-order valence-corrected chi connectivity index (χ0v) is 9.60. The van der Waals surface area contributed by atoms with Crippen LogP contribution >= 0.6 is 0 Å². The van der Waals surface area contributed by atoms with Crippen LogP contribution in [-0.2, 0) is 0 Å². The summed E-state index contributed by atoms with van der Waals surface area (Å²) in [6.07, 6.45) is -7.63. The van der Waals surface area contributed by atoms with Crippen molar-refractivity contribution in [2.75, 3.05) is 19.0 Å². The molecule has 0 aliphatic carbocycles. The molecule has 1 aromatic carbocycles. The number of nitro benzene ring substituents is 1. The first kappa shape index (κ1) is 14.2. The minimum Gasteiger partial charge on any atom is -0.379 e. The van der Waals surface area contributed by atoms with Crippen molar-refractivity contribution in [1.82, 2.24) is 0 Å². The first-order valence-electron chi connectivity index (χ1n) is 4.85. The van der Waals surface area contributed by atoms with Crippen LogP contribution in [0, 0.1) is 10.1 Å². The summed E-state index contributed by atoms with van der Waals surface area (Å²) in [6.45, 7) is 0. The lowest BCUT2D eigenvalue weighted by atomic mass is 10.0. The molecule has 0 heterocycles. The van der Waals surface area contributed by atoms with Crippen molar-refractivity contribution in [3.8, 4) is 0 Å². The molecule has 0 spiro atoms. The van der Waals surface area contributed by atoms with E-state index in [2.05, 4.69) is 0 Å². The molecule has 0 amide bonds. The Kier molecular flexibility index (Phi) is 3.80. The first-order valence-corrected chi connectivity index (χ1v) is 4.85. The Balaban J connectivity index is 3.36. The lowest BCUT2D eigenvalue weighted by Gasteiger charge is -2.22. The smallest absolute Gasteiger partial charge is 0.379 e. The molecule has 0 fully saturated rings. The fourth-order valence-electron chi connectivity index (χ4n) is 1.46. The van der Waals surface area contributed by atoms with E-state index in [9.17, 15) is 28.4 Å². The van der Waals surface area contributed by atoms with Gasteiger partial charge < -0.3 is 10.0 Å². The highest BCUT2D eigenvalue weighted by atomic mass is 19.4. The van der Waals surface area contributed by atoms with E-state index < -0.39 is 28.5 Å². The standard InChI is InChI=1S/C10H11F3N2O3/c1-14(2)8-4-3-6(15(17)18)5-7(8)9(16)10(11,12)13/h3-5,9,16H,1-2H3. The number of hydrogen-bond donors (Lipinski definition) is 1. The summed E-state index contributed by atoms with van der Waals surface area (Å²) >= 11 is 0. The zero-order chi connectivity index (χ0) is 14.1. The SMILES string of the molecule is CN(C)c1ccc([N+](=O)[O-])cc1C(O)C(F)(F)F. The topological polar surface area (TPSA) is 66.6 Å². The van der Waals surface area contributed by atoms with Crippen molar-refractivity contribution in [2.45, 2.75) is 12.3 Å². The molecule has 0 saturated heterocycles. The maximum absolute atomic E-state index is 12.5. The number of rotatable bonds is 3. The van der Waals surface area contributed by atoms with Crippen LogP contribution in [0.2, 0.25) is 0 Å². The molecule has 1 rings (SSSR count). The summed E-state index contributed by atoms with van der Waals surface area (Å²) < 4.78 is 37.4. The first-order chi connectivity index (χ1) is 8.14. The van der Waals surface area contributed by atoms with Gasteiger partial charge in [0.15, 0.2) is 6.10 Å². The van der Waals surface area contributed by atoms with Gasteiger partial charge in [-0.25, -0.2) is 0 Å². The predicted molar refractivity (Wildman–Crippen MR) is 58.4 cm³/mol. The molecule has 0 bridgehead atoms. The Hall–Kier alpha value is -1.83. The van der Waals surface area contributed by atoms with Crippen molar-refractivity contribution < 1.29 is 23.2 Å². The molecular weight excluding hydrogens is 253 g/mol. The number of alkyl halides is 3. The molecule has 0 aliphatic rings. The molecule has 0 saturated carbocycles. The van der Waals surface area contributed by atoms with Crippen LogP contribution in [0.3, 0.4) is 0 Å². The molecule has 8 heteroatoms. The zero-order valence-electron chi connectivity index (χ0n) is 9.60. The highest BCUT2D eigenvalue weighted by Gasteiger charge is 2.41. The third-order valence-electron chi connectivity index (χ3n) is 2.31. The molecule has 1 atom stereocenters. The molecule has 100 valence electrons. The molecule has 5 nitrogen and oxygen atoms in total. The number of nitrogens with zero attached hydrogens (tertiary/aromatic N) is 2. The number of halogens is 3. The number of benzene rings is 1. The molecule has 1 N–H and O–H groups in total. The fourth-order valence-corrected chi connectivity index (χ4v) is 1.46. The van der Waals surface area contributed by atoms with E-state index in [-0.39, 0.29) is 5.69 Å². The second-order valence-corrected chi connectivity index (χ2v) is 3.84. The van der Waals surface area contributed by atoms with Crippen LogP contribution in [0.25, 0.3) is 0 Å². The summed E-state index contributed by atoms with van der Waals surface area (Å²) in [7, 11) is 2.96. The van der Waals surface area contributed by atoms with Gasteiger partial charge >= 0.3 is 6.18 Å². The van der Waals surface area contributed by atoms with E-state index in [0.717, 1.165) is 12.1 Å². The van der Waals surface area contributed by atoms with Crippen molar-refractivity contribution in [3.63, 3.8) is 0 Å². The number of non-ortho nitro benzene ring substituents is 1. The second-order valence-electron chi connectivity index (χ2n) is 3.84. The van der Waals surface area contributed by atoms with Gasteiger partial charge in [0.25, 0.3) is 5.69 Å². The molecule has 0 aliphatic heterocycles. The fraction of sp³-hybridized carbons (Fsp3) is 0.400. The minimum atomic E-state index is -4.88. The van der Waals surface area contributed by atoms with Crippen LogP contribution < -0.4 is 4.90 Å². The number of hydrogen-bond acceptors (Lipinski definition) is 4. The highest BCUT2D eigenvalue weighted by Crippen LogP contribution is 2.38. The average Bonchev–Trinajstić information content (AvgIpc) is 2.25. The minimum absolute atomic E-state index is 0.0745. The van der Waals surface area contributed by atoms with E-state index in [0.29, 0.717) is 0 Å². The van der Waals surface area contributed by atoms with E-state index in [1.165, 1.54) is 25.1 Å². The van der Waals surface area contributed by atoms with E-state index >= 15 is 0 Å². The molecular formula is C10H11F3N2O3. The lowest BCUT2D eigenvalue weighted by Crippen LogP contribution is -2.23. The summed E-state index contributed by atoms with van der Waals surface area (Å²) in [5.41, 5.74) is -0.967. The van der Waals surface area contributed by atoms with Crippen LogP contribution in [0.15, 0.2) is 18.2 Å². The highest BCUT2D eigenvalue weighted by molar-refractivity contribution is 5.58. The lowest BCUT2D eigenvalue weighted by molar-refractivity contribution is -0.385. The Morgan fingerprint density at radius 1 is 1.39 bits per heavy atom. The Morgan fingerprint density at radius 3 is 2.33 bits per heavy atom. The Labute approximate surface area is 101 Å². The number of nitro groups is 1. The van der Waals surface area contributed by atoms with Crippen molar-refractivity contribution in [2.24, 2.45) is 0 Å². The number of aliphatic hydroxyl groups is 1. The van der Waals surface area contributed by atoms with Gasteiger partial charge in [0, 0.05) is 37.5 Å². The van der Waals surface area contributed by atoms with E-state index in [1.807, 2.05) is 0 Å². The average molecular weight is 264 g/mol. The van der Waals surface area contributed by atoms with Gasteiger partial charge in [-0.15, -0.1) is 0 Å². The third-order valence-corrected chi connectivity index (χ3v) is 2.31. The molecule has 1 aromatic rings. The largest absolute Gasteiger partial charge is 0.418 e. The van der Waals surface area contributed by atoms with Crippen molar-refractivity contribution in [3.05, 3.63) is 33.9 Å². The number of anilines is 1. The second kappa shape index (κ2) is 4.81. The number of aliphatic hydroxyl groups excluding tert-OH is 1. The summed E-state index contributed by atoms with van der Waals surface area (Å²) in [5, 5.41) is 19.8. The monoisotopic (exact) mass is 264 g/mol. The molecule has 18 heavy (non-hydrogen) atoms. The van der Waals surface area contributed by atoms with Crippen LogP contribution in [-0.4, -0.2) is 30.3 Å². The maximum Gasteiger partial charge on any atom is 0.418 e. The van der Waals surface area contributed by atoms with E-state index in [4.69, 9.17) is 0 Å². The van der Waals surface area contributed by atoms with Crippen LogP contribution in [0.1, 0.15) is 11.7 Å². The molecule has 0 aromatic heterocycles. The third kappa shape index (κ3) is 2.89. The van der Waals surface area contributed by atoms with Crippen LogP contribution in [0.5, 0.6) is 0 Å². The summed E-state index contributed by atoms with van der Waals surface area (Å²) in [6, 6.07) is 2.98. The molecule has 1 unspecified atom stereocenters. The van der Waals surface area contributed by atoms with Gasteiger partial charge in [-0.05, 0) is 6.07 Å². The van der Waals surface area contributed by atoms with Gasteiger partial charge in [-0.3, -0.25) is 10.1 Å². The Morgan fingerprint density at radius 2 is 1.94 bits per heavy atom. The van der Waals surface area contributed by atoms with E-state index in [1.54, 1.807) is 0 Å². The van der Waals surface area contributed by atoms with Crippen LogP contribution in [0.4, 0.5) is 24.5 Å². The molecule has 0 radical (unpaired) electrons. The Bertz CT molecular complexity index is 460. The van der Waals surface area contributed by atoms with Gasteiger partial charge in [-0.2, -0.15) is 13.2 Å². The normalized spacial score (nSPS) is 13.2. The summed E-state index contributed by atoms with van der Waals surface area (Å²) in [5.74, 6) is 0. The van der Waals surface area contributed by atoms with Gasteiger partial charge in [0.05, 0.1) is 4.92 Å². The van der Waals surface area contributed by atoms with Crippen molar-refractivity contribution in [1.29, 1.82) is 0 Å². The van der Waals surface area contributed by atoms with Gasteiger partial charge in [0.2, 0.25) is 0 Å². The predicted octanol–water partition coefficient (Wildman–Crippen LogP) is 2.26. The summed E-state index contributed by atoms with van der Waals surface area (Å²) in [4.78, 5) is 11.1. The van der Waals surface area contributed by atoms with Gasteiger partial charge in [-0.1, -0.05) is 0 Å².